The predicted molar refractivity (Wildman–Crippen MR) is 91.1 cm³/mol. The number of anilines is 1. The first kappa shape index (κ1) is 15.8. The molecular formula is C19H29FN2. The molecule has 0 bridgehead atoms. The van der Waals surface area contributed by atoms with Crippen molar-refractivity contribution < 1.29 is 4.39 Å². The Morgan fingerprint density at radius 3 is 2.14 bits per heavy atom. The van der Waals surface area contributed by atoms with Crippen molar-refractivity contribution in [1.29, 1.82) is 0 Å². The second-order valence-electron chi connectivity index (χ2n) is 7.66. The molecule has 2 aliphatic heterocycles. The van der Waals surface area contributed by atoms with Crippen LogP contribution < -0.4 is 4.90 Å². The van der Waals surface area contributed by atoms with Gasteiger partial charge in [-0.3, -0.25) is 0 Å². The summed E-state index contributed by atoms with van der Waals surface area (Å²) in [6, 6.07) is 5.79. The molecule has 0 aromatic heterocycles. The van der Waals surface area contributed by atoms with Gasteiger partial charge in [0.15, 0.2) is 0 Å². The van der Waals surface area contributed by atoms with E-state index in [0.29, 0.717) is 11.3 Å². The molecule has 22 heavy (non-hydrogen) atoms. The number of halogens is 1. The van der Waals surface area contributed by atoms with Gasteiger partial charge in [-0.2, -0.15) is 0 Å². The van der Waals surface area contributed by atoms with Gasteiger partial charge in [-0.15, -0.1) is 0 Å². The van der Waals surface area contributed by atoms with E-state index in [2.05, 4.69) is 36.8 Å². The summed E-state index contributed by atoms with van der Waals surface area (Å²) in [6.07, 6.45) is 5.05. The summed E-state index contributed by atoms with van der Waals surface area (Å²) in [6.45, 7) is 8.66. The van der Waals surface area contributed by atoms with Gasteiger partial charge in [0.25, 0.3) is 0 Å². The third-order valence-electron chi connectivity index (χ3n) is 5.85. The van der Waals surface area contributed by atoms with Gasteiger partial charge in [-0.25, -0.2) is 4.39 Å². The van der Waals surface area contributed by atoms with Crippen molar-refractivity contribution in [2.45, 2.75) is 45.4 Å². The van der Waals surface area contributed by atoms with Crippen LogP contribution in [0, 0.1) is 11.2 Å². The summed E-state index contributed by atoms with van der Waals surface area (Å²) < 4.78 is 14.4. The molecule has 0 unspecified atom stereocenters. The Morgan fingerprint density at radius 1 is 1.00 bits per heavy atom. The van der Waals surface area contributed by atoms with E-state index in [1.165, 1.54) is 38.8 Å². The minimum atomic E-state index is -0.0504. The molecule has 0 saturated carbocycles. The number of hydrogen-bond donors (Lipinski definition) is 0. The van der Waals surface area contributed by atoms with E-state index < -0.39 is 0 Å². The molecule has 2 heterocycles. The zero-order chi connectivity index (χ0) is 15.7. The SMILES string of the molecule is CC(C)c1ccc(N2CCC3(CCN(C)CC3)CC2)c(F)c1. The Morgan fingerprint density at radius 2 is 1.59 bits per heavy atom. The Balaban J connectivity index is 1.66. The van der Waals surface area contributed by atoms with E-state index in [1.807, 2.05) is 6.07 Å². The smallest absolute Gasteiger partial charge is 0.146 e. The van der Waals surface area contributed by atoms with E-state index in [0.717, 1.165) is 24.3 Å². The third-order valence-corrected chi connectivity index (χ3v) is 5.85. The Kier molecular flexibility index (Phi) is 4.44. The van der Waals surface area contributed by atoms with Gasteiger partial charge in [0.2, 0.25) is 0 Å². The lowest BCUT2D eigenvalue weighted by Crippen LogP contribution is -2.46. The van der Waals surface area contributed by atoms with Crippen molar-refractivity contribution in [1.82, 2.24) is 4.90 Å². The maximum Gasteiger partial charge on any atom is 0.146 e. The highest BCUT2D eigenvalue weighted by Crippen LogP contribution is 2.42. The Bertz CT molecular complexity index is 508. The molecule has 1 spiro atoms. The highest BCUT2D eigenvalue weighted by atomic mass is 19.1. The van der Waals surface area contributed by atoms with Crippen molar-refractivity contribution in [3.8, 4) is 0 Å². The van der Waals surface area contributed by atoms with E-state index in [4.69, 9.17) is 0 Å². The Hall–Kier alpha value is -1.09. The number of rotatable bonds is 2. The molecular weight excluding hydrogens is 275 g/mol. The van der Waals surface area contributed by atoms with Gasteiger partial charge < -0.3 is 9.80 Å². The molecule has 2 nitrogen and oxygen atoms in total. The molecule has 1 aromatic rings. The average Bonchev–Trinajstić information content (AvgIpc) is 2.51. The summed E-state index contributed by atoms with van der Waals surface area (Å²) >= 11 is 0. The number of likely N-dealkylation sites (tertiary alicyclic amines) is 1. The van der Waals surface area contributed by atoms with Gasteiger partial charge in [0.1, 0.15) is 5.82 Å². The fourth-order valence-electron chi connectivity index (χ4n) is 3.95. The molecule has 1 aromatic carbocycles. The van der Waals surface area contributed by atoms with Crippen LogP contribution in [0.3, 0.4) is 0 Å². The third kappa shape index (κ3) is 3.15. The van der Waals surface area contributed by atoms with Crippen molar-refractivity contribution in [3.05, 3.63) is 29.6 Å². The van der Waals surface area contributed by atoms with E-state index in [-0.39, 0.29) is 5.82 Å². The van der Waals surface area contributed by atoms with Gasteiger partial charge in [0.05, 0.1) is 5.69 Å². The number of nitrogens with zero attached hydrogens (tertiary/aromatic N) is 2. The quantitative estimate of drug-likeness (QED) is 0.805. The van der Waals surface area contributed by atoms with E-state index in [9.17, 15) is 4.39 Å². The second-order valence-corrected chi connectivity index (χ2v) is 7.66. The van der Waals surface area contributed by atoms with Crippen molar-refractivity contribution in [2.75, 3.05) is 38.1 Å². The molecule has 2 saturated heterocycles. The summed E-state index contributed by atoms with van der Waals surface area (Å²) in [5, 5.41) is 0. The summed E-state index contributed by atoms with van der Waals surface area (Å²) in [5.41, 5.74) is 2.41. The topological polar surface area (TPSA) is 6.48 Å². The first-order chi connectivity index (χ1) is 10.5. The zero-order valence-corrected chi connectivity index (χ0v) is 14.2. The van der Waals surface area contributed by atoms with Gasteiger partial charge in [0, 0.05) is 13.1 Å². The lowest BCUT2D eigenvalue weighted by molar-refractivity contribution is 0.0943. The monoisotopic (exact) mass is 304 g/mol. The first-order valence-electron chi connectivity index (χ1n) is 8.72. The zero-order valence-electron chi connectivity index (χ0n) is 14.2. The van der Waals surface area contributed by atoms with Crippen LogP contribution in [0.4, 0.5) is 10.1 Å². The number of hydrogen-bond acceptors (Lipinski definition) is 2. The summed E-state index contributed by atoms with van der Waals surface area (Å²) in [7, 11) is 2.22. The maximum absolute atomic E-state index is 14.4. The van der Waals surface area contributed by atoms with E-state index in [1.54, 1.807) is 6.07 Å². The molecule has 2 fully saturated rings. The molecule has 0 amide bonds. The van der Waals surface area contributed by atoms with Crippen LogP contribution >= 0.6 is 0 Å². The minimum absolute atomic E-state index is 0.0504. The highest BCUT2D eigenvalue weighted by Gasteiger charge is 2.37. The first-order valence-corrected chi connectivity index (χ1v) is 8.72. The molecule has 0 N–H and O–H groups in total. The standard InChI is InChI=1S/C19H29FN2/c1-15(2)16-4-5-18(17(20)14-16)22-12-8-19(9-13-22)6-10-21(3)11-7-19/h4-5,14-15H,6-13H2,1-3H3. The lowest BCUT2D eigenvalue weighted by atomic mass is 9.71. The molecule has 2 aliphatic rings. The molecule has 3 heteroatoms. The highest BCUT2D eigenvalue weighted by molar-refractivity contribution is 5.50. The predicted octanol–water partition coefficient (Wildman–Crippen LogP) is 4.26. The van der Waals surface area contributed by atoms with Gasteiger partial charge in [-0.05, 0) is 74.8 Å². The second kappa shape index (κ2) is 6.19. The molecule has 0 radical (unpaired) electrons. The number of piperidine rings is 2. The van der Waals surface area contributed by atoms with Crippen LogP contribution in [0.1, 0.15) is 51.0 Å². The normalized spacial score (nSPS) is 22.5. The van der Waals surface area contributed by atoms with Crippen LogP contribution in [-0.4, -0.2) is 38.1 Å². The van der Waals surface area contributed by atoms with Crippen LogP contribution in [-0.2, 0) is 0 Å². The fourth-order valence-corrected chi connectivity index (χ4v) is 3.95. The largest absolute Gasteiger partial charge is 0.369 e. The van der Waals surface area contributed by atoms with Crippen molar-refractivity contribution in [2.24, 2.45) is 5.41 Å². The van der Waals surface area contributed by atoms with E-state index >= 15 is 0 Å². The molecule has 0 aliphatic carbocycles. The molecule has 0 atom stereocenters. The van der Waals surface area contributed by atoms with Crippen molar-refractivity contribution >= 4 is 5.69 Å². The minimum Gasteiger partial charge on any atom is -0.369 e. The number of benzene rings is 1. The molecule has 122 valence electrons. The maximum atomic E-state index is 14.4. The molecule has 3 rings (SSSR count). The Labute approximate surface area is 134 Å². The summed E-state index contributed by atoms with van der Waals surface area (Å²) in [4.78, 5) is 4.69. The average molecular weight is 304 g/mol. The van der Waals surface area contributed by atoms with Gasteiger partial charge in [-0.1, -0.05) is 19.9 Å². The lowest BCUT2D eigenvalue weighted by Gasteiger charge is -2.46. The van der Waals surface area contributed by atoms with Crippen LogP contribution in [0.5, 0.6) is 0 Å². The van der Waals surface area contributed by atoms with Crippen molar-refractivity contribution in [3.63, 3.8) is 0 Å². The van der Waals surface area contributed by atoms with Crippen LogP contribution in [0.25, 0.3) is 0 Å². The van der Waals surface area contributed by atoms with Crippen LogP contribution in [0.2, 0.25) is 0 Å². The van der Waals surface area contributed by atoms with Gasteiger partial charge >= 0.3 is 0 Å². The van der Waals surface area contributed by atoms with Crippen LogP contribution in [0.15, 0.2) is 18.2 Å². The summed E-state index contributed by atoms with van der Waals surface area (Å²) in [5.74, 6) is 0.331. The fraction of sp³-hybridized carbons (Fsp3) is 0.684.